The van der Waals surface area contributed by atoms with E-state index in [1.807, 2.05) is 0 Å². The number of hydrogen-bond acceptors (Lipinski definition) is 4. The molecule has 1 amide bonds. The molecule has 2 saturated heterocycles. The number of benzene rings is 1. The molecule has 0 saturated carbocycles. The number of carbonyl (C=O) groups is 1. The highest BCUT2D eigenvalue weighted by Gasteiger charge is 2.42. The fourth-order valence-electron chi connectivity index (χ4n) is 3.18. The fourth-order valence-corrected chi connectivity index (χ4v) is 3.95. The number of sulfonamides is 1. The zero-order chi connectivity index (χ0) is 15.8. The molecule has 1 N–H and O–H groups in total. The Bertz CT molecular complexity index is 681. The summed E-state index contributed by atoms with van der Waals surface area (Å²) < 4.78 is 31.4. The molecule has 6 nitrogen and oxygen atoms in total. The van der Waals surface area contributed by atoms with E-state index in [0.29, 0.717) is 25.3 Å². The van der Waals surface area contributed by atoms with Crippen LogP contribution in [-0.2, 0) is 14.8 Å². The summed E-state index contributed by atoms with van der Waals surface area (Å²) in [6, 6.07) is 6.18. The lowest BCUT2D eigenvalue weighted by atomic mass is 9.87. The van der Waals surface area contributed by atoms with E-state index in [1.165, 1.54) is 19.2 Å². The summed E-state index contributed by atoms with van der Waals surface area (Å²) in [4.78, 5) is 14.5. The molecule has 1 unspecified atom stereocenters. The standard InChI is InChI=1S/C15H20N2O4S/c1-16-22(19,20)13-4-2-3-12(9-13)14(18)17-7-5-15(10-17)6-8-21-11-15/h2-4,9,16H,5-8,10-11H2,1H3. The largest absolute Gasteiger partial charge is 0.381 e. The van der Waals surface area contributed by atoms with Gasteiger partial charge in [-0.05, 0) is 38.1 Å². The number of hydrogen-bond donors (Lipinski definition) is 1. The van der Waals surface area contributed by atoms with Crippen molar-refractivity contribution in [2.45, 2.75) is 17.7 Å². The number of carbonyl (C=O) groups excluding carboxylic acids is 1. The monoisotopic (exact) mass is 324 g/mol. The van der Waals surface area contributed by atoms with Crippen LogP contribution < -0.4 is 4.72 Å². The molecule has 1 aromatic rings. The van der Waals surface area contributed by atoms with Crippen molar-refractivity contribution in [2.24, 2.45) is 5.41 Å². The van der Waals surface area contributed by atoms with E-state index in [9.17, 15) is 13.2 Å². The van der Waals surface area contributed by atoms with E-state index >= 15 is 0 Å². The molecular weight excluding hydrogens is 304 g/mol. The maximum absolute atomic E-state index is 12.6. The van der Waals surface area contributed by atoms with E-state index in [2.05, 4.69) is 4.72 Å². The minimum Gasteiger partial charge on any atom is -0.381 e. The van der Waals surface area contributed by atoms with Crippen LogP contribution in [0.25, 0.3) is 0 Å². The zero-order valence-corrected chi connectivity index (χ0v) is 13.4. The van der Waals surface area contributed by atoms with Crippen molar-refractivity contribution in [1.29, 1.82) is 0 Å². The van der Waals surface area contributed by atoms with Gasteiger partial charge in [-0.1, -0.05) is 6.07 Å². The summed E-state index contributed by atoms with van der Waals surface area (Å²) >= 11 is 0. The lowest BCUT2D eigenvalue weighted by molar-refractivity contribution is 0.0765. The van der Waals surface area contributed by atoms with Gasteiger partial charge in [0.2, 0.25) is 10.0 Å². The van der Waals surface area contributed by atoms with Gasteiger partial charge < -0.3 is 9.64 Å². The van der Waals surface area contributed by atoms with Crippen LogP contribution in [0.1, 0.15) is 23.2 Å². The Balaban J connectivity index is 1.80. The minimum absolute atomic E-state index is 0.102. The van der Waals surface area contributed by atoms with Crippen LogP contribution in [-0.4, -0.2) is 52.6 Å². The highest BCUT2D eigenvalue weighted by Crippen LogP contribution is 2.38. The summed E-state index contributed by atoms with van der Waals surface area (Å²) in [6.45, 7) is 2.86. The maximum atomic E-state index is 12.6. The van der Waals surface area contributed by atoms with Crippen LogP contribution in [0, 0.1) is 5.41 Å². The van der Waals surface area contributed by atoms with Crippen molar-refractivity contribution in [1.82, 2.24) is 9.62 Å². The summed E-state index contributed by atoms with van der Waals surface area (Å²) in [5.74, 6) is -0.114. The average molecular weight is 324 g/mol. The quantitative estimate of drug-likeness (QED) is 0.894. The molecule has 2 heterocycles. The Morgan fingerprint density at radius 2 is 2.18 bits per heavy atom. The first-order valence-electron chi connectivity index (χ1n) is 7.36. The third-order valence-electron chi connectivity index (χ3n) is 4.57. The first kappa shape index (κ1) is 15.5. The van der Waals surface area contributed by atoms with Gasteiger partial charge >= 0.3 is 0 Å². The van der Waals surface area contributed by atoms with Gasteiger partial charge in [0, 0.05) is 30.7 Å². The summed E-state index contributed by atoms with van der Waals surface area (Å²) in [5, 5.41) is 0. The number of nitrogens with zero attached hydrogens (tertiary/aromatic N) is 1. The second kappa shape index (κ2) is 5.64. The molecule has 2 aliphatic rings. The first-order chi connectivity index (χ1) is 10.5. The second-order valence-corrected chi connectivity index (χ2v) is 7.90. The first-order valence-corrected chi connectivity index (χ1v) is 8.85. The van der Waals surface area contributed by atoms with Crippen LogP contribution in [0.3, 0.4) is 0 Å². The molecule has 2 aliphatic heterocycles. The topological polar surface area (TPSA) is 75.7 Å². The van der Waals surface area contributed by atoms with Gasteiger partial charge in [0.15, 0.2) is 0 Å². The Morgan fingerprint density at radius 1 is 1.36 bits per heavy atom. The van der Waals surface area contributed by atoms with Crippen molar-refractivity contribution >= 4 is 15.9 Å². The number of amides is 1. The SMILES string of the molecule is CNS(=O)(=O)c1cccc(C(=O)N2CCC3(CCOC3)C2)c1. The van der Waals surface area contributed by atoms with Crippen LogP contribution in [0.15, 0.2) is 29.2 Å². The molecule has 22 heavy (non-hydrogen) atoms. The molecule has 1 aromatic carbocycles. The van der Waals surface area contributed by atoms with Gasteiger partial charge in [0.25, 0.3) is 5.91 Å². The smallest absolute Gasteiger partial charge is 0.253 e. The molecule has 120 valence electrons. The Hall–Kier alpha value is -1.44. The van der Waals surface area contributed by atoms with Crippen molar-refractivity contribution in [3.05, 3.63) is 29.8 Å². The van der Waals surface area contributed by atoms with Crippen molar-refractivity contribution in [3.8, 4) is 0 Å². The van der Waals surface area contributed by atoms with Crippen LogP contribution in [0.4, 0.5) is 0 Å². The van der Waals surface area contributed by atoms with Crippen LogP contribution >= 0.6 is 0 Å². The minimum atomic E-state index is -3.54. The molecule has 3 rings (SSSR count). The third-order valence-corrected chi connectivity index (χ3v) is 5.98. The molecule has 0 aromatic heterocycles. The van der Waals surface area contributed by atoms with Gasteiger partial charge in [-0.2, -0.15) is 0 Å². The summed E-state index contributed by atoms with van der Waals surface area (Å²) in [6.07, 6.45) is 1.94. The predicted octanol–water partition coefficient (Wildman–Crippen LogP) is 0.847. The maximum Gasteiger partial charge on any atom is 0.253 e. The van der Waals surface area contributed by atoms with E-state index in [-0.39, 0.29) is 16.2 Å². The molecule has 1 atom stereocenters. The van der Waals surface area contributed by atoms with Crippen LogP contribution in [0.5, 0.6) is 0 Å². The predicted molar refractivity (Wildman–Crippen MR) is 81.1 cm³/mol. The normalized spacial score (nSPS) is 25.0. The number of likely N-dealkylation sites (tertiary alicyclic amines) is 1. The molecule has 1 spiro atoms. The van der Waals surface area contributed by atoms with E-state index in [4.69, 9.17) is 4.74 Å². The van der Waals surface area contributed by atoms with Crippen molar-refractivity contribution in [2.75, 3.05) is 33.4 Å². The van der Waals surface area contributed by atoms with E-state index < -0.39 is 10.0 Å². The molecule has 2 fully saturated rings. The van der Waals surface area contributed by atoms with Crippen LogP contribution in [0.2, 0.25) is 0 Å². The van der Waals surface area contributed by atoms with E-state index in [0.717, 1.165) is 19.4 Å². The van der Waals surface area contributed by atoms with Crippen molar-refractivity contribution < 1.29 is 17.9 Å². The average Bonchev–Trinajstić information content (AvgIpc) is 3.17. The lowest BCUT2D eigenvalue weighted by Gasteiger charge is -2.22. The number of ether oxygens (including phenoxy) is 1. The summed E-state index contributed by atoms with van der Waals surface area (Å²) in [5.41, 5.74) is 0.511. The molecule has 0 aliphatic carbocycles. The zero-order valence-electron chi connectivity index (χ0n) is 12.5. The fraction of sp³-hybridized carbons (Fsp3) is 0.533. The number of rotatable bonds is 3. The molecule has 0 bridgehead atoms. The Morgan fingerprint density at radius 3 is 2.86 bits per heavy atom. The second-order valence-electron chi connectivity index (χ2n) is 6.01. The Labute approximate surface area is 130 Å². The van der Waals surface area contributed by atoms with Gasteiger partial charge in [-0.3, -0.25) is 4.79 Å². The van der Waals surface area contributed by atoms with Gasteiger partial charge in [0.1, 0.15) is 0 Å². The third kappa shape index (κ3) is 2.76. The van der Waals surface area contributed by atoms with Gasteiger partial charge in [-0.25, -0.2) is 13.1 Å². The highest BCUT2D eigenvalue weighted by atomic mass is 32.2. The molecule has 0 radical (unpaired) electrons. The van der Waals surface area contributed by atoms with Gasteiger partial charge in [-0.15, -0.1) is 0 Å². The van der Waals surface area contributed by atoms with Crippen molar-refractivity contribution in [3.63, 3.8) is 0 Å². The molecule has 7 heteroatoms. The highest BCUT2D eigenvalue weighted by molar-refractivity contribution is 7.89. The number of nitrogens with one attached hydrogen (secondary N) is 1. The van der Waals surface area contributed by atoms with Gasteiger partial charge in [0.05, 0.1) is 11.5 Å². The molecular formula is C15H20N2O4S. The lowest BCUT2D eigenvalue weighted by Crippen LogP contribution is -2.32. The summed E-state index contributed by atoms with van der Waals surface area (Å²) in [7, 11) is -2.19. The Kier molecular flexibility index (Phi) is 3.96. The van der Waals surface area contributed by atoms with E-state index in [1.54, 1.807) is 17.0 Å².